The molecule has 0 bridgehead atoms. The first kappa shape index (κ1) is 11.9. The molecule has 1 saturated carbocycles. The van der Waals surface area contributed by atoms with E-state index < -0.39 is 0 Å². The Balaban J connectivity index is 1.69. The molecule has 1 aliphatic carbocycles. The number of hydrogen-bond donors (Lipinski definition) is 2. The Bertz CT molecular complexity index is 235. The molecule has 1 atom stereocenters. The predicted octanol–water partition coefficient (Wildman–Crippen LogP) is 0.657. The minimum atomic E-state index is 0.175. The third-order valence-corrected chi connectivity index (χ3v) is 3.61. The van der Waals surface area contributed by atoms with Gasteiger partial charge in [-0.05, 0) is 37.5 Å². The van der Waals surface area contributed by atoms with Gasteiger partial charge in [-0.15, -0.1) is 0 Å². The molecule has 1 aliphatic heterocycles. The molecular formula is C12H22N2O2. The second-order valence-electron chi connectivity index (χ2n) is 5.01. The van der Waals surface area contributed by atoms with Crippen molar-refractivity contribution in [3.05, 3.63) is 0 Å². The summed E-state index contributed by atoms with van der Waals surface area (Å²) in [4.78, 5) is 11.8. The second kappa shape index (κ2) is 5.64. The maximum Gasteiger partial charge on any atom is 0.220 e. The molecule has 2 fully saturated rings. The molecule has 0 aromatic rings. The van der Waals surface area contributed by atoms with Crippen molar-refractivity contribution >= 4 is 5.91 Å². The number of nitrogens with two attached hydrogens (primary N) is 1. The molecule has 1 unspecified atom stereocenters. The third kappa shape index (κ3) is 3.46. The molecule has 3 N–H and O–H groups in total. The van der Waals surface area contributed by atoms with E-state index >= 15 is 0 Å². The first-order valence-electron chi connectivity index (χ1n) is 6.36. The number of rotatable bonds is 5. The molecule has 0 spiro atoms. The summed E-state index contributed by atoms with van der Waals surface area (Å²) in [6.45, 7) is 2.19. The molecule has 0 aromatic carbocycles. The van der Waals surface area contributed by atoms with Gasteiger partial charge in [-0.2, -0.15) is 0 Å². The Morgan fingerprint density at radius 1 is 1.31 bits per heavy atom. The highest BCUT2D eigenvalue weighted by molar-refractivity contribution is 5.76. The Labute approximate surface area is 96.9 Å². The van der Waals surface area contributed by atoms with E-state index in [1.807, 2.05) is 0 Å². The number of ether oxygens (including phenoxy) is 1. The highest BCUT2D eigenvalue weighted by Gasteiger charge is 2.31. The topological polar surface area (TPSA) is 64.3 Å². The zero-order chi connectivity index (χ0) is 11.4. The van der Waals surface area contributed by atoms with Crippen LogP contribution in [0.5, 0.6) is 0 Å². The van der Waals surface area contributed by atoms with Crippen LogP contribution in [0.3, 0.4) is 0 Å². The fourth-order valence-corrected chi connectivity index (χ4v) is 2.35. The zero-order valence-corrected chi connectivity index (χ0v) is 9.78. The van der Waals surface area contributed by atoms with Gasteiger partial charge in [0.2, 0.25) is 5.91 Å². The lowest BCUT2D eigenvalue weighted by atomic mass is 9.96. The highest BCUT2D eigenvalue weighted by atomic mass is 16.5. The number of nitrogens with one attached hydrogen (secondary N) is 1. The molecule has 4 nitrogen and oxygen atoms in total. The molecule has 1 heterocycles. The van der Waals surface area contributed by atoms with Crippen molar-refractivity contribution in [2.24, 2.45) is 17.6 Å². The third-order valence-electron chi connectivity index (χ3n) is 3.61. The molecule has 0 aromatic heterocycles. The van der Waals surface area contributed by atoms with E-state index in [4.69, 9.17) is 10.5 Å². The lowest BCUT2D eigenvalue weighted by Crippen LogP contribution is -2.42. The first-order chi connectivity index (χ1) is 7.79. The fraction of sp³-hybridized carbons (Fsp3) is 0.917. The predicted molar refractivity (Wildman–Crippen MR) is 61.9 cm³/mol. The quantitative estimate of drug-likeness (QED) is 0.723. The normalized spacial score (nSPS) is 24.1. The summed E-state index contributed by atoms with van der Waals surface area (Å²) in [6.07, 6.45) is 5.12. The highest BCUT2D eigenvalue weighted by Crippen LogP contribution is 2.32. The van der Waals surface area contributed by atoms with Crippen molar-refractivity contribution < 1.29 is 9.53 Å². The Kier molecular flexibility index (Phi) is 4.18. The maximum atomic E-state index is 11.8. The van der Waals surface area contributed by atoms with Gasteiger partial charge in [0.1, 0.15) is 0 Å². The lowest BCUT2D eigenvalue weighted by molar-refractivity contribution is -0.123. The van der Waals surface area contributed by atoms with Crippen LogP contribution in [0.15, 0.2) is 0 Å². The van der Waals surface area contributed by atoms with E-state index in [0.29, 0.717) is 24.8 Å². The van der Waals surface area contributed by atoms with Gasteiger partial charge < -0.3 is 15.8 Å². The van der Waals surface area contributed by atoms with Crippen LogP contribution >= 0.6 is 0 Å². The first-order valence-corrected chi connectivity index (χ1v) is 6.36. The smallest absolute Gasteiger partial charge is 0.220 e. The summed E-state index contributed by atoms with van der Waals surface area (Å²) in [5.41, 5.74) is 5.66. The average molecular weight is 226 g/mol. The largest absolute Gasteiger partial charge is 0.381 e. The fourth-order valence-electron chi connectivity index (χ4n) is 2.35. The molecule has 16 heavy (non-hydrogen) atoms. The van der Waals surface area contributed by atoms with Gasteiger partial charge in [0.05, 0.1) is 0 Å². The summed E-state index contributed by atoms with van der Waals surface area (Å²) in [7, 11) is 0. The SMILES string of the molecule is NCC(NC(=O)CC1CCOCC1)C1CC1. The minimum absolute atomic E-state index is 0.175. The average Bonchev–Trinajstić information content (AvgIpc) is 3.11. The van der Waals surface area contributed by atoms with Gasteiger partial charge in [-0.25, -0.2) is 0 Å². The summed E-state index contributed by atoms with van der Waals surface area (Å²) >= 11 is 0. The van der Waals surface area contributed by atoms with Crippen molar-refractivity contribution in [3.8, 4) is 0 Å². The van der Waals surface area contributed by atoms with E-state index in [1.165, 1.54) is 12.8 Å². The standard InChI is InChI=1S/C12H22N2O2/c13-8-11(10-1-2-10)14-12(15)7-9-3-5-16-6-4-9/h9-11H,1-8,13H2,(H,14,15). The zero-order valence-electron chi connectivity index (χ0n) is 9.78. The minimum Gasteiger partial charge on any atom is -0.381 e. The number of carbonyl (C=O) groups excluding carboxylic acids is 1. The van der Waals surface area contributed by atoms with Crippen LogP contribution in [0.25, 0.3) is 0 Å². The Morgan fingerprint density at radius 3 is 2.56 bits per heavy atom. The second-order valence-corrected chi connectivity index (χ2v) is 5.01. The van der Waals surface area contributed by atoms with Gasteiger partial charge in [-0.1, -0.05) is 0 Å². The van der Waals surface area contributed by atoms with Crippen molar-refractivity contribution in [2.45, 2.75) is 38.1 Å². The monoisotopic (exact) mass is 226 g/mol. The van der Waals surface area contributed by atoms with Crippen LogP contribution in [-0.4, -0.2) is 31.7 Å². The van der Waals surface area contributed by atoms with E-state index in [9.17, 15) is 4.79 Å². The lowest BCUT2D eigenvalue weighted by Gasteiger charge is -2.23. The molecule has 1 amide bonds. The number of hydrogen-bond acceptors (Lipinski definition) is 3. The van der Waals surface area contributed by atoms with Crippen LogP contribution in [-0.2, 0) is 9.53 Å². The maximum absolute atomic E-state index is 11.8. The van der Waals surface area contributed by atoms with Gasteiger partial charge >= 0.3 is 0 Å². The molecule has 4 heteroatoms. The molecule has 2 rings (SSSR count). The van der Waals surface area contributed by atoms with E-state index in [2.05, 4.69) is 5.32 Å². The molecule has 1 saturated heterocycles. The van der Waals surface area contributed by atoms with Gasteiger partial charge in [0.15, 0.2) is 0 Å². The Morgan fingerprint density at radius 2 is 2.00 bits per heavy atom. The summed E-state index contributed by atoms with van der Waals surface area (Å²) < 4.78 is 5.28. The van der Waals surface area contributed by atoms with Crippen LogP contribution in [0.2, 0.25) is 0 Å². The van der Waals surface area contributed by atoms with Crippen molar-refractivity contribution in [1.82, 2.24) is 5.32 Å². The van der Waals surface area contributed by atoms with Crippen molar-refractivity contribution in [3.63, 3.8) is 0 Å². The molecule has 0 radical (unpaired) electrons. The number of carbonyl (C=O) groups is 1. The Hall–Kier alpha value is -0.610. The summed E-state index contributed by atoms with van der Waals surface area (Å²) in [5, 5.41) is 3.07. The summed E-state index contributed by atoms with van der Waals surface area (Å²) in [6, 6.07) is 0.215. The molecule has 92 valence electrons. The summed E-state index contributed by atoms with van der Waals surface area (Å²) in [5.74, 6) is 1.32. The van der Waals surface area contributed by atoms with Crippen LogP contribution < -0.4 is 11.1 Å². The van der Waals surface area contributed by atoms with Crippen molar-refractivity contribution in [2.75, 3.05) is 19.8 Å². The van der Waals surface area contributed by atoms with Crippen LogP contribution in [0.4, 0.5) is 0 Å². The van der Waals surface area contributed by atoms with Gasteiger partial charge in [-0.3, -0.25) is 4.79 Å². The van der Waals surface area contributed by atoms with Gasteiger partial charge in [0.25, 0.3) is 0 Å². The molecule has 2 aliphatic rings. The van der Waals surface area contributed by atoms with E-state index in [1.54, 1.807) is 0 Å². The van der Waals surface area contributed by atoms with Crippen molar-refractivity contribution in [1.29, 1.82) is 0 Å². The van der Waals surface area contributed by atoms with E-state index in [0.717, 1.165) is 26.1 Å². The van der Waals surface area contributed by atoms with Crippen LogP contribution in [0, 0.1) is 11.8 Å². The molecular weight excluding hydrogens is 204 g/mol. The number of amides is 1. The van der Waals surface area contributed by atoms with Gasteiger partial charge in [0, 0.05) is 32.2 Å². The van der Waals surface area contributed by atoms with Crippen LogP contribution in [0.1, 0.15) is 32.1 Å². The van der Waals surface area contributed by atoms with E-state index in [-0.39, 0.29) is 11.9 Å².